The SMILES string of the molecule is COC(=O)c1cc(Nc2cc(Br)ccc2C)ncc1N. The number of carbonyl (C=O) groups is 1. The number of methoxy groups -OCH3 is 1. The van der Waals surface area contributed by atoms with Gasteiger partial charge in [-0.2, -0.15) is 0 Å². The Labute approximate surface area is 125 Å². The molecule has 0 saturated carbocycles. The lowest BCUT2D eigenvalue weighted by Crippen LogP contribution is -2.07. The Morgan fingerprint density at radius 1 is 1.40 bits per heavy atom. The van der Waals surface area contributed by atoms with Crippen LogP contribution in [0, 0.1) is 6.92 Å². The topological polar surface area (TPSA) is 77.2 Å². The van der Waals surface area contributed by atoms with E-state index in [4.69, 9.17) is 5.73 Å². The summed E-state index contributed by atoms with van der Waals surface area (Å²) >= 11 is 3.42. The predicted octanol–water partition coefficient (Wildman–Crippen LogP) is 3.26. The molecule has 0 atom stereocenters. The summed E-state index contributed by atoms with van der Waals surface area (Å²) in [5, 5.41) is 3.16. The van der Waals surface area contributed by atoms with Crippen LogP contribution in [0.25, 0.3) is 0 Å². The van der Waals surface area contributed by atoms with Crippen LogP contribution in [0.1, 0.15) is 15.9 Å². The number of esters is 1. The number of benzene rings is 1. The number of hydrogen-bond donors (Lipinski definition) is 2. The van der Waals surface area contributed by atoms with E-state index in [1.54, 1.807) is 6.07 Å². The standard InChI is InChI=1S/C14H14BrN3O2/c1-8-3-4-9(15)5-12(8)18-13-6-10(14(19)20-2)11(16)7-17-13/h3-7H,16H2,1-2H3,(H,17,18). The van der Waals surface area contributed by atoms with Crippen molar-refractivity contribution in [2.45, 2.75) is 6.92 Å². The van der Waals surface area contributed by atoms with Crippen LogP contribution in [0.4, 0.5) is 17.2 Å². The lowest BCUT2D eigenvalue weighted by Gasteiger charge is -2.11. The van der Waals surface area contributed by atoms with Crippen molar-refractivity contribution in [3.63, 3.8) is 0 Å². The number of carbonyl (C=O) groups excluding carboxylic acids is 1. The highest BCUT2D eigenvalue weighted by molar-refractivity contribution is 9.10. The maximum Gasteiger partial charge on any atom is 0.340 e. The zero-order chi connectivity index (χ0) is 14.7. The lowest BCUT2D eigenvalue weighted by atomic mass is 10.2. The average Bonchev–Trinajstić information content (AvgIpc) is 2.44. The third-order valence-corrected chi connectivity index (χ3v) is 3.30. The monoisotopic (exact) mass is 335 g/mol. The Hall–Kier alpha value is -2.08. The first-order chi connectivity index (χ1) is 9.51. The van der Waals surface area contributed by atoms with Crippen molar-refractivity contribution in [3.05, 3.63) is 46.1 Å². The molecule has 2 aromatic rings. The maximum absolute atomic E-state index is 11.6. The molecule has 104 valence electrons. The first kappa shape index (κ1) is 14.3. The smallest absolute Gasteiger partial charge is 0.340 e. The molecule has 1 aromatic carbocycles. The van der Waals surface area contributed by atoms with Crippen molar-refractivity contribution in [3.8, 4) is 0 Å². The number of halogens is 1. The van der Waals surface area contributed by atoms with Gasteiger partial charge in [-0.15, -0.1) is 0 Å². The highest BCUT2D eigenvalue weighted by Gasteiger charge is 2.12. The highest BCUT2D eigenvalue weighted by Crippen LogP contribution is 2.25. The normalized spacial score (nSPS) is 10.2. The Bertz CT molecular complexity index is 659. The number of nitrogen functional groups attached to an aromatic ring is 1. The van der Waals surface area contributed by atoms with Crippen LogP contribution >= 0.6 is 15.9 Å². The number of hydrogen-bond acceptors (Lipinski definition) is 5. The van der Waals surface area contributed by atoms with Gasteiger partial charge >= 0.3 is 5.97 Å². The van der Waals surface area contributed by atoms with E-state index in [0.717, 1.165) is 15.7 Å². The molecule has 5 nitrogen and oxygen atoms in total. The van der Waals surface area contributed by atoms with E-state index >= 15 is 0 Å². The van der Waals surface area contributed by atoms with Crippen LogP contribution in [-0.2, 0) is 4.74 Å². The van der Waals surface area contributed by atoms with Crippen LogP contribution in [0.15, 0.2) is 34.9 Å². The van der Waals surface area contributed by atoms with Crippen molar-refractivity contribution in [1.29, 1.82) is 0 Å². The minimum atomic E-state index is -0.487. The van der Waals surface area contributed by atoms with E-state index in [1.807, 2.05) is 25.1 Å². The van der Waals surface area contributed by atoms with Crippen molar-refractivity contribution < 1.29 is 9.53 Å². The van der Waals surface area contributed by atoms with Crippen molar-refractivity contribution in [2.24, 2.45) is 0 Å². The summed E-state index contributed by atoms with van der Waals surface area (Å²) in [6.45, 7) is 1.98. The maximum atomic E-state index is 11.6. The zero-order valence-electron chi connectivity index (χ0n) is 11.1. The molecule has 6 heteroatoms. The van der Waals surface area contributed by atoms with Crippen LogP contribution in [0.2, 0.25) is 0 Å². The molecule has 0 aliphatic heterocycles. The number of rotatable bonds is 3. The van der Waals surface area contributed by atoms with Gasteiger partial charge in [-0.05, 0) is 30.7 Å². The quantitative estimate of drug-likeness (QED) is 0.842. The zero-order valence-corrected chi connectivity index (χ0v) is 12.7. The summed E-state index contributed by atoms with van der Waals surface area (Å²) in [6, 6.07) is 7.44. The van der Waals surface area contributed by atoms with E-state index in [0.29, 0.717) is 5.82 Å². The first-order valence-corrected chi connectivity index (χ1v) is 6.67. The summed E-state index contributed by atoms with van der Waals surface area (Å²) in [4.78, 5) is 15.8. The third-order valence-electron chi connectivity index (χ3n) is 2.80. The molecule has 20 heavy (non-hydrogen) atoms. The Kier molecular flexibility index (Phi) is 4.24. The fourth-order valence-corrected chi connectivity index (χ4v) is 2.05. The summed E-state index contributed by atoms with van der Waals surface area (Å²) in [6.07, 6.45) is 1.43. The number of aromatic nitrogens is 1. The van der Waals surface area contributed by atoms with Crippen molar-refractivity contribution >= 4 is 39.1 Å². The summed E-state index contributed by atoms with van der Waals surface area (Å²) in [5.41, 5.74) is 8.25. The van der Waals surface area contributed by atoms with E-state index in [1.165, 1.54) is 13.3 Å². The second-order valence-corrected chi connectivity index (χ2v) is 5.15. The fraction of sp³-hybridized carbons (Fsp3) is 0.143. The van der Waals surface area contributed by atoms with Gasteiger partial charge in [0.15, 0.2) is 0 Å². The molecule has 0 aliphatic carbocycles. The molecule has 0 bridgehead atoms. The van der Waals surface area contributed by atoms with Gasteiger partial charge in [0.05, 0.1) is 24.6 Å². The van der Waals surface area contributed by atoms with Gasteiger partial charge < -0.3 is 15.8 Å². The second-order valence-electron chi connectivity index (χ2n) is 4.23. The van der Waals surface area contributed by atoms with Crippen molar-refractivity contribution in [2.75, 3.05) is 18.2 Å². The first-order valence-electron chi connectivity index (χ1n) is 5.88. The van der Waals surface area contributed by atoms with Gasteiger partial charge in [0, 0.05) is 10.2 Å². The van der Waals surface area contributed by atoms with Crippen LogP contribution in [-0.4, -0.2) is 18.1 Å². The van der Waals surface area contributed by atoms with E-state index < -0.39 is 5.97 Å². The molecular formula is C14H14BrN3O2. The minimum Gasteiger partial charge on any atom is -0.465 e. The Balaban J connectivity index is 2.34. The van der Waals surface area contributed by atoms with Gasteiger partial charge in [0.2, 0.25) is 0 Å². The van der Waals surface area contributed by atoms with Gasteiger partial charge in [-0.1, -0.05) is 22.0 Å². The lowest BCUT2D eigenvalue weighted by molar-refractivity contribution is 0.0602. The second kappa shape index (κ2) is 5.92. The van der Waals surface area contributed by atoms with Gasteiger partial charge in [-0.3, -0.25) is 0 Å². The summed E-state index contributed by atoms with van der Waals surface area (Å²) < 4.78 is 5.64. The predicted molar refractivity (Wildman–Crippen MR) is 82.2 cm³/mol. The number of pyridine rings is 1. The Morgan fingerprint density at radius 2 is 2.15 bits per heavy atom. The molecular weight excluding hydrogens is 322 g/mol. The molecule has 0 radical (unpaired) electrons. The number of nitrogens with two attached hydrogens (primary N) is 1. The largest absolute Gasteiger partial charge is 0.465 e. The van der Waals surface area contributed by atoms with Crippen LogP contribution in [0.5, 0.6) is 0 Å². The van der Waals surface area contributed by atoms with Crippen molar-refractivity contribution in [1.82, 2.24) is 4.98 Å². The molecule has 0 fully saturated rings. The number of nitrogens with one attached hydrogen (secondary N) is 1. The fourth-order valence-electron chi connectivity index (χ4n) is 1.69. The number of nitrogens with zero attached hydrogens (tertiary/aromatic N) is 1. The van der Waals surface area contributed by atoms with E-state index in [2.05, 4.69) is 31.0 Å². The molecule has 2 rings (SSSR count). The van der Waals surface area contributed by atoms with Crippen LogP contribution in [0.3, 0.4) is 0 Å². The summed E-state index contributed by atoms with van der Waals surface area (Å²) in [7, 11) is 1.31. The minimum absolute atomic E-state index is 0.286. The molecule has 0 aliphatic rings. The van der Waals surface area contributed by atoms with Gasteiger partial charge in [-0.25, -0.2) is 9.78 Å². The van der Waals surface area contributed by atoms with Gasteiger partial charge in [0.1, 0.15) is 5.82 Å². The molecule has 0 saturated heterocycles. The molecule has 1 heterocycles. The molecule has 0 amide bonds. The molecule has 0 spiro atoms. The molecule has 0 unspecified atom stereocenters. The van der Waals surface area contributed by atoms with E-state index in [9.17, 15) is 4.79 Å². The average molecular weight is 336 g/mol. The number of anilines is 3. The van der Waals surface area contributed by atoms with Gasteiger partial charge in [0.25, 0.3) is 0 Å². The third kappa shape index (κ3) is 3.08. The molecule has 3 N–H and O–H groups in total. The highest BCUT2D eigenvalue weighted by atomic mass is 79.9. The van der Waals surface area contributed by atoms with E-state index in [-0.39, 0.29) is 11.3 Å². The summed E-state index contributed by atoms with van der Waals surface area (Å²) in [5.74, 6) is 0.0414. The van der Waals surface area contributed by atoms with Crippen LogP contribution < -0.4 is 11.1 Å². The molecule has 1 aromatic heterocycles. The number of ether oxygens (including phenoxy) is 1. The number of aryl methyl sites for hydroxylation is 1. The Morgan fingerprint density at radius 3 is 2.85 bits per heavy atom.